The maximum atomic E-state index is 11.7. The zero-order chi connectivity index (χ0) is 23.7. The average molecular weight is 486 g/mol. The first-order chi connectivity index (χ1) is 14.9. The van der Waals surface area contributed by atoms with E-state index < -0.39 is 35.8 Å². The van der Waals surface area contributed by atoms with Gasteiger partial charge in [0.1, 0.15) is 5.75 Å². The second kappa shape index (κ2) is 8.67. The van der Waals surface area contributed by atoms with Gasteiger partial charge in [-0.1, -0.05) is 0 Å². The smallest absolute Gasteiger partial charge is 0.322 e. The highest BCUT2D eigenvalue weighted by atomic mass is 32.2. The molecule has 0 bridgehead atoms. The molecule has 0 fully saturated rings. The molecule has 0 saturated carbocycles. The molecule has 32 heavy (non-hydrogen) atoms. The molecule has 7 N–H and O–H groups in total. The van der Waals surface area contributed by atoms with Crippen molar-refractivity contribution < 1.29 is 35.8 Å². The van der Waals surface area contributed by atoms with E-state index in [2.05, 4.69) is 25.6 Å². The van der Waals surface area contributed by atoms with Gasteiger partial charge in [0.25, 0.3) is 20.2 Å². The number of aromatic nitrogens is 3. The number of fused-ring (bicyclic) bond motifs is 1. The monoisotopic (exact) mass is 486 g/mol. The number of ether oxygens (including phenoxy) is 1. The highest BCUT2D eigenvalue weighted by Crippen LogP contribution is 2.37. The van der Waals surface area contributed by atoms with Crippen LogP contribution in [0.15, 0.2) is 34.1 Å². The Bertz CT molecular complexity index is 1390. The topological polar surface area (TPSA) is 227 Å². The molecule has 3 aromatic rings. The molecule has 0 saturated heterocycles. The highest BCUT2D eigenvalue weighted by Gasteiger charge is 2.20. The number of nitrogens with one attached hydrogen (secondary N) is 2. The van der Waals surface area contributed by atoms with Crippen LogP contribution in [0.2, 0.25) is 0 Å². The van der Waals surface area contributed by atoms with E-state index in [-0.39, 0.29) is 40.9 Å². The maximum Gasteiger partial charge on any atom is 0.322 e. The summed E-state index contributed by atoms with van der Waals surface area (Å²) >= 11 is 0. The Hall–Kier alpha value is -3.31. The Balaban J connectivity index is 2.23. The number of nitrogens with zero attached hydrogens (tertiary/aromatic N) is 3. The van der Waals surface area contributed by atoms with E-state index in [1.807, 2.05) is 0 Å². The first-order valence-electron chi connectivity index (χ1n) is 8.69. The van der Waals surface area contributed by atoms with Crippen LogP contribution in [0, 0.1) is 0 Å². The molecule has 1 heterocycles. The molecule has 0 atom stereocenters. The Labute approximate surface area is 182 Å². The van der Waals surface area contributed by atoms with Gasteiger partial charge in [-0.3, -0.25) is 9.11 Å². The fraction of sp³-hybridized carbons (Fsp3) is 0.188. The number of phenolic OH excluding ortho intramolecular Hbond substituents is 1. The predicted molar refractivity (Wildman–Crippen MR) is 112 cm³/mol. The summed E-state index contributed by atoms with van der Waals surface area (Å²) in [5, 5.41) is 15.7. The minimum atomic E-state index is -4.74. The SMILES string of the molecule is COc1nc(NCCN)nc(Nc2cc(S(=O)(=O)O)cc3cc(S(=O)(=O)O)cc(O)c23)n1. The van der Waals surface area contributed by atoms with E-state index in [1.54, 1.807) is 0 Å². The lowest BCUT2D eigenvalue weighted by Gasteiger charge is -2.14. The molecule has 0 unspecified atom stereocenters. The lowest BCUT2D eigenvalue weighted by Crippen LogP contribution is -2.16. The molecule has 0 aliphatic heterocycles. The normalized spacial score (nSPS) is 12.0. The van der Waals surface area contributed by atoms with Gasteiger partial charge in [0.2, 0.25) is 11.9 Å². The zero-order valence-electron chi connectivity index (χ0n) is 16.3. The van der Waals surface area contributed by atoms with Crippen LogP contribution in [0.1, 0.15) is 0 Å². The van der Waals surface area contributed by atoms with Crippen LogP contribution in [0.25, 0.3) is 10.8 Å². The number of hydrogen-bond acceptors (Lipinski definition) is 12. The summed E-state index contributed by atoms with van der Waals surface area (Å²) in [6.07, 6.45) is 0. The highest BCUT2D eigenvalue weighted by molar-refractivity contribution is 7.86. The molecular formula is C16H18N6O8S2. The van der Waals surface area contributed by atoms with Crippen LogP contribution < -0.4 is 21.1 Å². The molecule has 14 nitrogen and oxygen atoms in total. The minimum Gasteiger partial charge on any atom is -0.507 e. The fourth-order valence-corrected chi connectivity index (χ4v) is 3.80. The average Bonchev–Trinajstić information content (AvgIpc) is 2.70. The van der Waals surface area contributed by atoms with Crippen LogP contribution in [-0.4, -0.2) is 66.2 Å². The first kappa shape index (κ1) is 23.4. The quantitative estimate of drug-likeness (QED) is 0.236. The summed E-state index contributed by atoms with van der Waals surface area (Å²) in [6.45, 7) is 0.606. The van der Waals surface area contributed by atoms with Gasteiger partial charge in [-0.25, -0.2) is 0 Å². The van der Waals surface area contributed by atoms with E-state index in [0.717, 1.165) is 24.3 Å². The molecule has 0 radical (unpaired) electrons. The van der Waals surface area contributed by atoms with Gasteiger partial charge in [-0.2, -0.15) is 31.8 Å². The largest absolute Gasteiger partial charge is 0.507 e. The van der Waals surface area contributed by atoms with E-state index >= 15 is 0 Å². The standard InChI is InChI=1S/C16H18N6O8S2/c1-30-16-21-14(18-3-2-17)20-15(22-16)19-11-6-9(31(24,25)26)4-8-5-10(32(27,28)29)7-12(23)13(8)11/h4-7,23H,2-3,17H2,1H3,(H,24,25,26)(H,27,28,29)(H2,18,19,20,21,22). The van der Waals surface area contributed by atoms with Gasteiger partial charge in [0.15, 0.2) is 0 Å². The zero-order valence-corrected chi connectivity index (χ0v) is 18.0. The summed E-state index contributed by atoms with van der Waals surface area (Å²) in [5.74, 6) is -0.664. The summed E-state index contributed by atoms with van der Waals surface area (Å²) in [5.41, 5.74) is 5.33. The molecule has 0 amide bonds. The fourth-order valence-electron chi connectivity index (χ4n) is 2.72. The van der Waals surface area contributed by atoms with Crippen LogP contribution in [0.5, 0.6) is 11.8 Å². The predicted octanol–water partition coefficient (Wildman–Crippen LogP) is 0.347. The van der Waals surface area contributed by atoms with Gasteiger partial charge < -0.3 is 26.2 Å². The van der Waals surface area contributed by atoms with Crippen molar-refractivity contribution in [3.8, 4) is 11.8 Å². The maximum absolute atomic E-state index is 11.7. The van der Waals surface area contributed by atoms with Crippen LogP contribution in [0.3, 0.4) is 0 Å². The van der Waals surface area contributed by atoms with E-state index in [1.165, 1.54) is 7.11 Å². The van der Waals surface area contributed by atoms with E-state index in [9.17, 15) is 31.0 Å². The number of benzene rings is 2. The van der Waals surface area contributed by atoms with Gasteiger partial charge in [-0.05, 0) is 23.6 Å². The number of rotatable bonds is 8. The van der Waals surface area contributed by atoms with E-state index in [4.69, 9.17) is 10.5 Å². The van der Waals surface area contributed by atoms with Crippen LogP contribution in [0.4, 0.5) is 17.6 Å². The Morgan fingerprint density at radius 1 is 0.969 bits per heavy atom. The number of nitrogens with two attached hydrogens (primary N) is 1. The second-order valence-electron chi connectivity index (χ2n) is 6.27. The van der Waals surface area contributed by atoms with Gasteiger partial charge in [-0.15, -0.1) is 0 Å². The molecule has 16 heteroatoms. The summed E-state index contributed by atoms with van der Waals surface area (Å²) < 4.78 is 70.2. The third-order valence-electron chi connectivity index (χ3n) is 4.04. The lowest BCUT2D eigenvalue weighted by molar-refractivity contribution is 0.379. The summed E-state index contributed by atoms with van der Waals surface area (Å²) in [7, 11) is -8.15. The summed E-state index contributed by atoms with van der Waals surface area (Å²) in [6, 6.07) is 3.50. The number of hydrogen-bond donors (Lipinski definition) is 6. The Morgan fingerprint density at radius 3 is 2.12 bits per heavy atom. The number of anilines is 3. The van der Waals surface area contributed by atoms with Crippen LogP contribution in [-0.2, 0) is 20.2 Å². The number of aromatic hydroxyl groups is 1. The minimum absolute atomic E-state index is 0.0411. The number of methoxy groups -OCH3 is 1. The van der Waals surface area contributed by atoms with Crippen molar-refractivity contribution in [2.24, 2.45) is 5.73 Å². The molecular weight excluding hydrogens is 468 g/mol. The summed E-state index contributed by atoms with van der Waals surface area (Å²) in [4.78, 5) is 10.7. The second-order valence-corrected chi connectivity index (χ2v) is 9.11. The van der Waals surface area contributed by atoms with E-state index in [0.29, 0.717) is 6.54 Å². The molecule has 0 aliphatic carbocycles. The Kier molecular flexibility index (Phi) is 6.33. The van der Waals surface area contributed by atoms with Gasteiger partial charge >= 0.3 is 6.01 Å². The molecule has 1 aromatic heterocycles. The molecule has 0 aliphatic rings. The van der Waals surface area contributed by atoms with Crippen molar-refractivity contribution in [2.75, 3.05) is 30.8 Å². The van der Waals surface area contributed by atoms with Crippen LogP contribution >= 0.6 is 0 Å². The van der Waals surface area contributed by atoms with Crippen molar-refractivity contribution >= 4 is 48.6 Å². The third-order valence-corrected chi connectivity index (χ3v) is 5.71. The molecule has 0 spiro atoms. The van der Waals surface area contributed by atoms with Crippen molar-refractivity contribution in [1.29, 1.82) is 0 Å². The van der Waals surface area contributed by atoms with Crippen molar-refractivity contribution in [2.45, 2.75) is 9.79 Å². The molecule has 172 valence electrons. The molecule has 3 rings (SSSR count). The van der Waals surface area contributed by atoms with Crippen molar-refractivity contribution in [3.05, 3.63) is 24.3 Å². The van der Waals surface area contributed by atoms with Crippen molar-refractivity contribution in [1.82, 2.24) is 15.0 Å². The van der Waals surface area contributed by atoms with Gasteiger partial charge in [0.05, 0.1) is 22.6 Å². The third kappa shape index (κ3) is 5.11. The van der Waals surface area contributed by atoms with Gasteiger partial charge in [0, 0.05) is 24.5 Å². The molecule has 2 aromatic carbocycles. The lowest BCUT2D eigenvalue weighted by atomic mass is 10.1. The number of phenols is 1. The Morgan fingerprint density at radius 2 is 1.56 bits per heavy atom. The first-order valence-corrected chi connectivity index (χ1v) is 11.6. The van der Waals surface area contributed by atoms with Crippen molar-refractivity contribution in [3.63, 3.8) is 0 Å².